The Labute approximate surface area is 116 Å². The van der Waals surface area contributed by atoms with Crippen molar-refractivity contribution < 1.29 is 4.39 Å². The Hall–Kier alpha value is -0.120. The number of alkyl halides is 1. The fraction of sp³-hybridized carbons (Fsp3) is 0.538. The molecule has 1 aromatic carbocycles. The number of hydrogen-bond acceptors (Lipinski definition) is 1. The van der Waals surface area contributed by atoms with Crippen molar-refractivity contribution in [2.75, 3.05) is 12.4 Å². The molecule has 1 aromatic rings. The number of nitrogens with one attached hydrogen (secondary N) is 1. The van der Waals surface area contributed by atoms with E-state index in [4.69, 9.17) is 11.6 Å². The molecule has 0 heterocycles. The van der Waals surface area contributed by atoms with E-state index in [0.717, 1.165) is 31.0 Å². The van der Waals surface area contributed by atoms with Crippen LogP contribution in [-0.2, 0) is 6.54 Å². The van der Waals surface area contributed by atoms with Gasteiger partial charge in [0.25, 0.3) is 0 Å². The van der Waals surface area contributed by atoms with Gasteiger partial charge in [0.1, 0.15) is 5.82 Å². The monoisotopic (exact) mass is 321 g/mol. The summed E-state index contributed by atoms with van der Waals surface area (Å²) >= 11 is 8.78. The van der Waals surface area contributed by atoms with Gasteiger partial charge in [-0.1, -0.05) is 18.9 Å². The van der Waals surface area contributed by atoms with Crippen LogP contribution in [0.25, 0.3) is 0 Å². The molecule has 0 aromatic heterocycles. The van der Waals surface area contributed by atoms with Crippen LogP contribution in [0.15, 0.2) is 22.7 Å². The van der Waals surface area contributed by atoms with Crippen LogP contribution in [0.4, 0.5) is 4.39 Å². The van der Waals surface area contributed by atoms with Gasteiger partial charge in [-0.3, -0.25) is 0 Å². The van der Waals surface area contributed by atoms with Gasteiger partial charge in [-0.25, -0.2) is 4.39 Å². The molecular formula is C13H18BrClFN. The zero-order valence-electron chi connectivity index (χ0n) is 9.82. The number of halogens is 3. The van der Waals surface area contributed by atoms with E-state index >= 15 is 0 Å². The van der Waals surface area contributed by atoms with Gasteiger partial charge in [0, 0.05) is 12.4 Å². The van der Waals surface area contributed by atoms with Crippen LogP contribution in [0.1, 0.15) is 31.2 Å². The van der Waals surface area contributed by atoms with Crippen molar-refractivity contribution in [3.63, 3.8) is 0 Å². The predicted molar refractivity (Wildman–Crippen MR) is 75.0 cm³/mol. The van der Waals surface area contributed by atoms with Crippen molar-refractivity contribution in [2.45, 2.75) is 32.2 Å². The molecule has 0 bridgehead atoms. The van der Waals surface area contributed by atoms with E-state index in [2.05, 4.69) is 21.2 Å². The molecule has 0 unspecified atom stereocenters. The zero-order valence-corrected chi connectivity index (χ0v) is 12.2. The van der Waals surface area contributed by atoms with Gasteiger partial charge in [-0.05, 0) is 53.0 Å². The lowest BCUT2D eigenvalue weighted by molar-refractivity contribution is 0.595. The van der Waals surface area contributed by atoms with Crippen molar-refractivity contribution in [1.82, 2.24) is 5.32 Å². The Morgan fingerprint density at radius 2 is 1.94 bits per heavy atom. The molecule has 0 aliphatic carbocycles. The molecule has 0 atom stereocenters. The van der Waals surface area contributed by atoms with Crippen LogP contribution in [0.3, 0.4) is 0 Å². The molecule has 1 rings (SSSR count). The second-order valence-corrected chi connectivity index (χ2v) is 5.26. The first-order valence-corrected chi connectivity index (χ1v) is 7.27. The van der Waals surface area contributed by atoms with Gasteiger partial charge in [0.05, 0.1) is 4.47 Å². The van der Waals surface area contributed by atoms with Crippen LogP contribution in [0.5, 0.6) is 0 Å². The summed E-state index contributed by atoms with van der Waals surface area (Å²) in [6, 6.07) is 5.11. The Morgan fingerprint density at radius 1 is 1.18 bits per heavy atom. The maximum Gasteiger partial charge on any atom is 0.137 e. The molecule has 4 heteroatoms. The molecule has 0 fully saturated rings. The van der Waals surface area contributed by atoms with Gasteiger partial charge in [0.15, 0.2) is 0 Å². The molecule has 96 valence electrons. The summed E-state index contributed by atoms with van der Waals surface area (Å²) in [7, 11) is 0. The van der Waals surface area contributed by atoms with Gasteiger partial charge >= 0.3 is 0 Å². The van der Waals surface area contributed by atoms with E-state index < -0.39 is 0 Å². The molecule has 0 saturated carbocycles. The lowest BCUT2D eigenvalue weighted by atomic mass is 10.2. The predicted octanol–water partition coefficient (Wildman–Crippen LogP) is 4.48. The Balaban J connectivity index is 2.11. The summed E-state index contributed by atoms with van der Waals surface area (Å²) in [5, 5.41) is 3.35. The SMILES string of the molecule is Fc1ccc(CNCCCCCCCl)cc1Br. The second kappa shape index (κ2) is 8.90. The molecule has 1 N–H and O–H groups in total. The maximum atomic E-state index is 13.0. The van der Waals surface area contributed by atoms with Crippen LogP contribution in [0.2, 0.25) is 0 Å². The topological polar surface area (TPSA) is 12.0 Å². The summed E-state index contributed by atoms with van der Waals surface area (Å²) in [6.45, 7) is 1.78. The number of rotatable bonds is 8. The normalized spacial score (nSPS) is 10.8. The smallest absolute Gasteiger partial charge is 0.137 e. The number of unbranched alkanes of at least 4 members (excludes halogenated alkanes) is 3. The summed E-state index contributed by atoms with van der Waals surface area (Å²) < 4.78 is 13.5. The minimum Gasteiger partial charge on any atom is -0.313 e. The van der Waals surface area contributed by atoms with Gasteiger partial charge < -0.3 is 5.32 Å². The molecule has 0 aliphatic heterocycles. The molecule has 0 spiro atoms. The third kappa shape index (κ3) is 6.39. The molecule has 17 heavy (non-hydrogen) atoms. The number of benzene rings is 1. The average molecular weight is 323 g/mol. The van der Waals surface area contributed by atoms with Crippen LogP contribution >= 0.6 is 27.5 Å². The molecule has 0 saturated heterocycles. The van der Waals surface area contributed by atoms with Gasteiger partial charge in [-0.2, -0.15) is 0 Å². The summed E-state index contributed by atoms with van der Waals surface area (Å²) in [5.74, 6) is 0.548. The van der Waals surface area contributed by atoms with Crippen molar-refractivity contribution in [1.29, 1.82) is 0 Å². The van der Waals surface area contributed by atoms with Gasteiger partial charge in [0.2, 0.25) is 0 Å². The lowest BCUT2D eigenvalue weighted by Crippen LogP contribution is -2.14. The first-order chi connectivity index (χ1) is 8.24. The number of hydrogen-bond donors (Lipinski definition) is 1. The first-order valence-electron chi connectivity index (χ1n) is 5.94. The summed E-state index contributed by atoms with van der Waals surface area (Å²) in [6.07, 6.45) is 4.69. The highest BCUT2D eigenvalue weighted by atomic mass is 79.9. The zero-order chi connectivity index (χ0) is 12.5. The van der Waals surface area contributed by atoms with E-state index in [-0.39, 0.29) is 5.82 Å². The van der Waals surface area contributed by atoms with Gasteiger partial charge in [-0.15, -0.1) is 11.6 Å². The molecule has 0 amide bonds. The standard InChI is InChI=1S/C13H18BrClFN/c14-12-9-11(5-6-13(12)16)10-17-8-4-2-1-3-7-15/h5-6,9,17H,1-4,7-8,10H2. The van der Waals surface area contributed by atoms with Crippen LogP contribution in [0, 0.1) is 5.82 Å². The van der Waals surface area contributed by atoms with E-state index in [1.807, 2.05) is 6.07 Å². The minimum absolute atomic E-state index is 0.213. The Kier molecular flexibility index (Phi) is 7.82. The molecule has 1 nitrogen and oxygen atoms in total. The Morgan fingerprint density at radius 3 is 2.65 bits per heavy atom. The average Bonchev–Trinajstić information content (AvgIpc) is 2.32. The van der Waals surface area contributed by atoms with Crippen molar-refractivity contribution in [3.05, 3.63) is 34.1 Å². The third-order valence-electron chi connectivity index (χ3n) is 2.55. The van der Waals surface area contributed by atoms with Crippen molar-refractivity contribution in [2.24, 2.45) is 0 Å². The fourth-order valence-corrected chi connectivity index (χ4v) is 2.20. The largest absolute Gasteiger partial charge is 0.313 e. The molecule has 0 radical (unpaired) electrons. The third-order valence-corrected chi connectivity index (χ3v) is 3.43. The minimum atomic E-state index is -0.213. The Bertz CT molecular complexity index is 333. The maximum absolute atomic E-state index is 13.0. The summed E-state index contributed by atoms with van der Waals surface area (Å²) in [4.78, 5) is 0. The highest BCUT2D eigenvalue weighted by Gasteiger charge is 1.99. The van der Waals surface area contributed by atoms with Crippen molar-refractivity contribution >= 4 is 27.5 Å². The lowest BCUT2D eigenvalue weighted by Gasteiger charge is -2.05. The molecule has 0 aliphatic rings. The van der Waals surface area contributed by atoms with E-state index in [1.165, 1.54) is 25.3 Å². The van der Waals surface area contributed by atoms with E-state index in [0.29, 0.717) is 4.47 Å². The van der Waals surface area contributed by atoms with Crippen molar-refractivity contribution in [3.8, 4) is 0 Å². The highest BCUT2D eigenvalue weighted by Crippen LogP contribution is 2.16. The summed E-state index contributed by atoms with van der Waals surface area (Å²) in [5.41, 5.74) is 1.10. The van der Waals surface area contributed by atoms with E-state index in [9.17, 15) is 4.39 Å². The fourth-order valence-electron chi connectivity index (χ4n) is 1.58. The quantitative estimate of drug-likeness (QED) is 0.550. The van der Waals surface area contributed by atoms with E-state index in [1.54, 1.807) is 6.07 Å². The second-order valence-electron chi connectivity index (χ2n) is 4.03. The molecular weight excluding hydrogens is 305 g/mol. The van der Waals surface area contributed by atoms with Crippen LogP contribution in [-0.4, -0.2) is 12.4 Å². The van der Waals surface area contributed by atoms with Crippen LogP contribution < -0.4 is 5.32 Å². The first kappa shape index (κ1) is 14.9. The highest BCUT2D eigenvalue weighted by molar-refractivity contribution is 9.10.